The molecule has 4 heteroatoms. The van der Waals surface area contributed by atoms with E-state index in [0.29, 0.717) is 18.5 Å². The summed E-state index contributed by atoms with van der Waals surface area (Å²) in [5.41, 5.74) is 7.21. The van der Waals surface area contributed by atoms with Crippen LogP contribution in [-0.2, 0) is 17.6 Å². The minimum atomic E-state index is -0.361. The van der Waals surface area contributed by atoms with Gasteiger partial charge in [-0.15, -0.1) is 0 Å². The Morgan fingerprint density at radius 3 is 2.43 bits per heavy atom. The average molecular weight is 286 g/mol. The van der Waals surface area contributed by atoms with Crippen molar-refractivity contribution >= 4 is 5.91 Å². The maximum absolute atomic E-state index is 13.5. The monoisotopic (exact) mass is 286 g/mol. The van der Waals surface area contributed by atoms with Crippen LogP contribution in [0.15, 0.2) is 54.6 Å². The fraction of sp³-hybridized carbons (Fsp3) is 0.235. The quantitative estimate of drug-likeness (QED) is 0.854. The molecular weight excluding hydrogens is 267 g/mol. The van der Waals surface area contributed by atoms with Crippen molar-refractivity contribution < 1.29 is 9.18 Å². The highest BCUT2D eigenvalue weighted by Crippen LogP contribution is 2.08. The summed E-state index contributed by atoms with van der Waals surface area (Å²) in [6, 6.07) is 16.0. The molecule has 0 fully saturated rings. The summed E-state index contributed by atoms with van der Waals surface area (Å²) < 4.78 is 13.5. The largest absolute Gasteiger partial charge is 0.351 e. The van der Waals surface area contributed by atoms with Crippen molar-refractivity contribution in [3.05, 3.63) is 71.5 Å². The van der Waals surface area contributed by atoms with Crippen LogP contribution in [-0.4, -0.2) is 18.5 Å². The molecule has 0 aromatic heterocycles. The van der Waals surface area contributed by atoms with Crippen molar-refractivity contribution in [2.75, 3.05) is 6.54 Å². The number of halogens is 1. The van der Waals surface area contributed by atoms with Crippen molar-refractivity contribution in [3.8, 4) is 0 Å². The van der Waals surface area contributed by atoms with Crippen LogP contribution in [0.2, 0.25) is 0 Å². The van der Waals surface area contributed by atoms with E-state index in [-0.39, 0.29) is 24.2 Å². The number of amides is 1. The fourth-order valence-corrected chi connectivity index (χ4v) is 2.19. The van der Waals surface area contributed by atoms with Crippen LogP contribution in [0.5, 0.6) is 0 Å². The molecule has 2 rings (SSSR count). The lowest BCUT2D eigenvalue weighted by Gasteiger charge is -2.17. The molecule has 0 saturated carbocycles. The van der Waals surface area contributed by atoms with Crippen LogP contribution >= 0.6 is 0 Å². The Hall–Kier alpha value is -2.20. The lowest BCUT2D eigenvalue weighted by Crippen LogP contribution is -2.42. The van der Waals surface area contributed by atoms with Crippen molar-refractivity contribution in [1.82, 2.24) is 5.32 Å². The van der Waals surface area contributed by atoms with Gasteiger partial charge < -0.3 is 11.1 Å². The van der Waals surface area contributed by atoms with Crippen LogP contribution in [0.25, 0.3) is 0 Å². The summed E-state index contributed by atoms with van der Waals surface area (Å²) in [5.74, 6) is -0.577. The first-order valence-corrected chi connectivity index (χ1v) is 6.96. The van der Waals surface area contributed by atoms with Gasteiger partial charge in [0.25, 0.3) is 0 Å². The lowest BCUT2D eigenvalue weighted by molar-refractivity contribution is -0.121. The van der Waals surface area contributed by atoms with Gasteiger partial charge in [0.15, 0.2) is 0 Å². The highest BCUT2D eigenvalue weighted by Gasteiger charge is 2.13. The van der Waals surface area contributed by atoms with E-state index >= 15 is 0 Å². The van der Waals surface area contributed by atoms with E-state index in [0.717, 1.165) is 5.56 Å². The molecule has 0 aliphatic carbocycles. The van der Waals surface area contributed by atoms with Gasteiger partial charge in [-0.3, -0.25) is 4.79 Å². The standard InChI is InChI=1S/C17H19FN2O/c18-16-9-5-4-8-14(16)11-17(21)20-15(12-19)10-13-6-2-1-3-7-13/h1-9,15H,10-12,19H2,(H,20,21). The Labute approximate surface area is 124 Å². The van der Waals surface area contributed by atoms with E-state index in [9.17, 15) is 9.18 Å². The summed E-state index contributed by atoms with van der Waals surface area (Å²) in [5, 5.41) is 2.86. The number of carbonyl (C=O) groups excluding carboxylic acids is 1. The van der Waals surface area contributed by atoms with Gasteiger partial charge in [0.2, 0.25) is 5.91 Å². The van der Waals surface area contributed by atoms with E-state index in [1.807, 2.05) is 30.3 Å². The number of nitrogens with one attached hydrogen (secondary N) is 1. The van der Waals surface area contributed by atoms with Crippen LogP contribution < -0.4 is 11.1 Å². The van der Waals surface area contributed by atoms with Gasteiger partial charge in [-0.2, -0.15) is 0 Å². The van der Waals surface area contributed by atoms with Gasteiger partial charge in [-0.05, 0) is 23.6 Å². The topological polar surface area (TPSA) is 55.1 Å². The van der Waals surface area contributed by atoms with Crippen LogP contribution in [0.3, 0.4) is 0 Å². The molecule has 2 aromatic carbocycles. The Balaban J connectivity index is 1.92. The molecular formula is C17H19FN2O. The molecule has 1 atom stereocenters. The predicted molar refractivity (Wildman–Crippen MR) is 81.2 cm³/mol. The molecule has 1 unspecified atom stereocenters. The first-order chi connectivity index (χ1) is 10.2. The second-order valence-corrected chi connectivity index (χ2v) is 4.96. The Bertz CT molecular complexity index is 586. The molecule has 0 bridgehead atoms. The van der Waals surface area contributed by atoms with Crippen LogP contribution in [0.4, 0.5) is 4.39 Å². The van der Waals surface area contributed by atoms with Crippen LogP contribution in [0.1, 0.15) is 11.1 Å². The molecule has 0 aliphatic heterocycles. The van der Waals surface area contributed by atoms with Crippen molar-refractivity contribution in [1.29, 1.82) is 0 Å². The Morgan fingerprint density at radius 2 is 1.76 bits per heavy atom. The maximum Gasteiger partial charge on any atom is 0.224 e. The van der Waals surface area contributed by atoms with E-state index in [1.54, 1.807) is 18.2 Å². The molecule has 0 spiro atoms. The highest BCUT2D eigenvalue weighted by molar-refractivity contribution is 5.79. The zero-order valence-corrected chi connectivity index (χ0v) is 11.8. The second-order valence-electron chi connectivity index (χ2n) is 4.96. The predicted octanol–water partition coefficient (Wildman–Crippen LogP) is 2.05. The van der Waals surface area contributed by atoms with E-state index in [1.165, 1.54) is 6.07 Å². The van der Waals surface area contributed by atoms with Crippen LogP contribution in [0, 0.1) is 5.82 Å². The number of hydrogen-bond acceptors (Lipinski definition) is 2. The van der Waals surface area contributed by atoms with E-state index in [4.69, 9.17) is 5.73 Å². The molecule has 21 heavy (non-hydrogen) atoms. The summed E-state index contributed by atoms with van der Waals surface area (Å²) in [4.78, 5) is 12.0. The third-order valence-corrected chi connectivity index (χ3v) is 3.28. The number of benzene rings is 2. The SMILES string of the molecule is NCC(Cc1ccccc1)NC(=O)Cc1ccccc1F. The molecule has 0 radical (unpaired) electrons. The van der Waals surface area contributed by atoms with Gasteiger partial charge in [-0.1, -0.05) is 48.5 Å². The van der Waals surface area contributed by atoms with Gasteiger partial charge in [0.1, 0.15) is 5.82 Å². The lowest BCUT2D eigenvalue weighted by atomic mass is 10.1. The summed E-state index contributed by atoms with van der Waals surface area (Å²) in [7, 11) is 0. The Kier molecular flexibility index (Phi) is 5.46. The summed E-state index contributed by atoms with van der Waals surface area (Å²) in [6.07, 6.45) is 0.693. The maximum atomic E-state index is 13.5. The number of carbonyl (C=O) groups is 1. The molecule has 1 amide bonds. The average Bonchev–Trinajstić information content (AvgIpc) is 2.50. The summed E-state index contributed by atoms with van der Waals surface area (Å²) >= 11 is 0. The van der Waals surface area contributed by atoms with Gasteiger partial charge in [0.05, 0.1) is 6.42 Å². The van der Waals surface area contributed by atoms with Gasteiger partial charge in [-0.25, -0.2) is 4.39 Å². The minimum Gasteiger partial charge on any atom is -0.351 e. The van der Waals surface area contributed by atoms with E-state index < -0.39 is 0 Å². The Morgan fingerprint density at radius 1 is 1.10 bits per heavy atom. The van der Waals surface area contributed by atoms with Crippen molar-refractivity contribution in [2.45, 2.75) is 18.9 Å². The van der Waals surface area contributed by atoms with E-state index in [2.05, 4.69) is 5.32 Å². The zero-order valence-electron chi connectivity index (χ0n) is 11.8. The van der Waals surface area contributed by atoms with Crippen molar-refractivity contribution in [3.63, 3.8) is 0 Å². The minimum absolute atomic E-state index is 0.0258. The zero-order chi connectivity index (χ0) is 15.1. The molecule has 0 heterocycles. The van der Waals surface area contributed by atoms with Crippen molar-refractivity contribution in [2.24, 2.45) is 5.73 Å². The molecule has 110 valence electrons. The molecule has 3 nitrogen and oxygen atoms in total. The molecule has 3 N–H and O–H groups in total. The normalized spacial score (nSPS) is 11.9. The fourth-order valence-electron chi connectivity index (χ4n) is 2.19. The third-order valence-electron chi connectivity index (χ3n) is 3.28. The number of hydrogen-bond donors (Lipinski definition) is 2. The first kappa shape index (κ1) is 15.2. The van der Waals surface area contributed by atoms with Gasteiger partial charge >= 0.3 is 0 Å². The smallest absolute Gasteiger partial charge is 0.224 e. The number of rotatable bonds is 6. The highest BCUT2D eigenvalue weighted by atomic mass is 19.1. The molecule has 0 aliphatic rings. The summed E-state index contributed by atoms with van der Waals surface area (Å²) in [6.45, 7) is 0.345. The molecule has 2 aromatic rings. The second kappa shape index (κ2) is 7.55. The van der Waals surface area contributed by atoms with Gasteiger partial charge in [0, 0.05) is 12.6 Å². The first-order valence-electron chi connectivity index (χ1n) is 6.96. The third kappa shape index (κ3) is 4.68. The molecule has 0 saturated heterocycles. The number of nitrogens with two attached hydrogens (primary N) is 1.